The van der Waals surface area contributed by atoms with E-state index in [0.717, 1.165) is 11.3 Å². The van der Waals surface area contributed by atoms with Crippen molar-refractivity contribution in [3.63, 3.8) is 0 Å². The summed E-state index contributed by atoms with van der Waals surface area (Å²) >= 11 is 1.23. The molecule has 3 aromatic rings. The van der Waals surface area contributed by atoms with Crippen LogP contribution in [0.15, 0.2) is 65.7 Å². The van der Waals surface area contributed by atoms with Crippen molar-refractivity contribution >= 4 is 29.0 Å². The summed E-state index contributed by atoms with van der Waals surface area (Å²) in [5, 5.41) is 22.3. The summed E-state index contributed by atoms with van der Waals surface area (Å²) in [6, 6.07) is 16.9. The van der Waals surface area contributed by atoms with E-state index in [1.807, 2.05) is 30.3 Å². The molecule has 9 heteroatoms. The molecule has 0 saturated heterocycles. The summed E-state index contributed by atoms with van der Waals surface area (Å²) in [5.41, 5.74) is 1.87. The average molecular weight is 396 g/mol. The van der Waals surface area contributed by atoms with E-state index in [2.05, 4.69) is 15.5 Å². The van der Waals surface area contributed by atoms with Crippen LogP contribution in [0.5, 0.6) is 5.75 Å². The molecule has 0 spiro atoms. The second-order valence-corrected chi connectivity index (χ2v) is 6.63. The normalized spacial score (nSPS) is 10.3. The van der Waals surface area contributed by atoms with Crippen LogP contribution in [0.25, 0.3) is 11.3 Å². The highest BCUT2D eigenvalue weighted by molar-refractivity contribution is 7.99. The second kappa shape index (κ2) is 8.96. The number of nitrogens with zero attached hydrogens (tertiary/aromatic N) is 3. The van der Waals surface area contributed by atoms with E-state index in [1.165, 1.54) is 30.0 Å². The third kappa shape index (κ3) is 5.04. The van der Waals surface area contributed by atoms with Gasteiger partial charge < -0.3 is 10.1 Å². The van der Waals surface area contributed by atoms with Crippen LogP contribution in [0, 0.1) is 10.1 Å². The number of nitro groups is 1. The fourth-order valence-corrected chi connectivity index (χ4v) is 2.98. The first kappa shape index (κ1) is 19.3. The number of carbonyl (C=O) groups excluding carboxylic acids is 1. The van der Waals surface area contributed by atoms with Crippen molar-refractivity contribution in [3.05, 3.63) is 70.8 Å². The molecule has 0 aliphatic rings. The number of rotatable bonds is 7. The standard InChI is InChI=1S/C19H16N4O4S/c1-27-16-7-2-4-13(10-16)17-8-9-19(22-21-17)28-12-18(24)20-14-5-3-6-15(11-14)23(25)26/h2-11H,12H2,1H3,(H,20,24). The number of ether oxygens (including phenoxy) is 1. The zero-order valence-electron chi connectivity index (χ0n) is 14.9. The molecular formula is C19H16N4O4S. The van der Waals surface area contributed by atoms with Crippen molar-refractivity contribution in [2.75, 3.05) is 18.2 Å². The van der Waals surface area contributed by atoms with Gasteiger partial charge in [0.2, 0.25) is 5.91 Å². The van der Waals surface area contributed by atoms with Crippen molar-refractivity contribution in [3.8, 4) is 17.0 Å². The van der Waals surface area contributed by atoms with Gasteiger partial charge in [-0.15, -0.1) is 10.2 Å². The Morgan fingerprint density at radius 1 is 1.14 bits per heavy atom. The number of hydrogen-bond acceptors (Lipinski definition) is 7. The third-order valence-electron chi connectivity index (χ3n) is 3.70. The summed E-state index contributed by atoms with van der Waals surface area (Å²) in [7, 11) is 1.60. The fraction of sp³-hybridized carbons (Fsp3) is 0.105. The van der Waals surface area contributed by atoms with Gasteiger partial charge in [0, 0.05) is 23.4 Å². The van der Waals surface area contributed by atoms with Gasteiger partial charge in [-0.3, -0.25) is 14.9 Å². The van der Waals surface area contributed by atoms with E-state index in [0.29, 0.717) is 16.4 Å². The Kier molecular flexibility index (Phi) is 6.18. The predicted octanol–water partition coefficient (Wildman–Crippen LogP) is 3.79. The summed E-state index contributed by atoms with van der Waals surface area (Å²) in [5.74, 6) is 0.551. The molecule has 1 aromatic heterocycles. The van der Waals surface area contributed by atoms with E-state index in [1.54, 1.807) is 19.2 Å². The first-order chi connectivity index (χ1) is 13.5. The molecule has 0 atom stereocenters. The maximum absolute atomic E-state index is 12.1. The molecule has 0 saturated carbocycles. The maximum Gasteiger partial charge on any atom is 0.271 e. The van der Waals surface area contributed by atoms with E-state index in [-0.39, 0.29) is 17.3 Å². The van der Waals surface area contributed by atoms with Crippen LogP contribution >= 0.6 is 11.8 Å². The molecule has 1 amide bonds. The fourth-order valence-electron chi connectivity index (χ4n) is 2.37. The van der Waals surface area contributed by atoms with Gasteiger partial charge >= 0.3 is 0 Å². The smallest absolute Gasteiger partial charge is 0.271 e. The summed E-state index contributed by atoms with van der Waals surface area (Å²) < 4.78 is 5.20. The first-order valence-corrected chi connectivity index (χ1v) is 9.19. The lowest BCUT2D eigenvalue weighted by Crippen LogP contribution is -2.14. The molecule has 0 bridgehead atoms. The zero-order valence-corrected chi connectivity index (χ0v) is 15.7. The highest BCUT2D eigenvalue weighted by Gasteiger charge is 2.10. The Bertz CT molecular complexity index is 995. The number of non-ortho nitro benzene ring substituents is 1. The highest BCUT2D eigenvalue weighted by atomic mass is 32.2. The molecule has 0 unspecified atom stereocenters. The molecular weight excluding hydrogens is 380 g/mol. The number of anilines is 1. The highest BCUT2D eigenvalue weighted by Crippen LogP contribution is 2.23. The van der Waals surface area contributed by atoms with Gasteiger partial charge in [-0.25, -0.2) is 0 Å². The monoisotopic (exact) mass is 396 g/mol. The van der Waals surface area contributed by atoms with Gasteiger partial charge in [0.25, 0.3) is 5.69 Å². The van der Waals surface area contributed by atoms with E-state index in [9.17, 15) is 14.9 Å². The van der Waals surface area contributed by atoms with Crippen molar-refractivity contribution in [2.45, 2.75) is 5.03 Å². The molecule has 28 heavy (non-hydrogen) atoms. The van der Waals surface area contributed by atoms with Crippen LogP contribution in [0.1, 0.15) is 0 Å². The summed E-state index contributed by atoms with van der Waals surface area (Å²) in [6.45, 7) is 0. The van der Waals surface area contributed by atoms with E-state index < -0.39 is 4.92 Å². The van der Waals surface area contributed by atoms with Crippen molar-refractivity contribution in [1.82, 2.24) is 10.2 Å². The van der Waals surface area contributed by atoms with Crippen molar-refractivity contribution in [1.29, 1.82) is 0 Å². The minimum Gasteiger partial charge on any atom is -0.497 e. The number of benzene rings is 2. The number of carbonyl (C=O) groups is 1. The maximum atomic E-state index is 12.1. The lowest BCUT2D eigenvalue weighted by atomic mass is 10.1. The van der Waals surface area contributed by atoms with Crippen LogP contribution in [-0.4, -0.2) is 33.9 Å². The average Bonchev–Trinajstić information content (AvgIpc) is 2.73. The van der Waals surface area contributed by atoms with Crippen LogP contribution < -0.4 is 10.1 Å². The zero-order chi connectivity index (χ0) is 19.9. The van der Waals surface area contributed by atoms with Gasteiger partial charge in [0.05, 0.1) is 23.5 Å². The van der Waals surface area contributed by atoms with Gasteiger partial charge in [-0.2, -0.15) is 0 Å². The Balaban J connectivity index is 1.58. The number of hydrogen-bond donors (Lipinski definition) is 1. The third-order valence-corrected chi connectivity index (χ3v) is 4.62. The number of thioether (sulfide) groups is 1. The number of aromatic nitrogens is 2. The molecule has 0 radical (unpaired) electrons. The molecule has 8 nitrogen and oxygen atoms in total. The molecule has 0 fully saturated rings. The number of nitrogens with one attached hydrogen (secondary N) is 1. The van der Waals surface area contributed by atoms with E-state index >= 15 is 0 Å². The van der Waals surface area contributed by atoms with Crippen molar-refractivity contribution < 1.29 is 14.5 Å². The Labute approximate surface area is 165 Å². The Hall–Kier alpha value is -3.46. The minimum atomic E-state index is -0.510. The van der Waals surface area contributed by atoms with Crippen LogP contribution in [-0.2, 0) is 4.79 Å². The van der Waals surface area contributed by atoms with E-state index in [4.69, 9.17) is 4.74 Å². The Morgan fingerprint density at radius 2 is 1.96 bits per heavy atom. The lowest BCUT2D eigenvalue weighted by molar-refractivity contribution is -0.384. The van der Waals surface area contributed by atoms with Crippen LogP contribution in [0.4, 0.5) is 11.4 Å². The molecule has 0 aliphatic carbocycles. The molecule has 1 N–H and O–H groups in total. The quantitative estimate of drug-likeness (QED) is 0.368. The minimum absolute atomic E-state index is 0.0792. The molecule has 1 heterocycles. The van der Waals surface area contributed by atoms with Gasteiger partial charge in [0.1, 0.15) is 10.8 Å². The Morgan fingerprint density at radius 3 is 2.68 bits per heavy atom. The number of nitro benzene ring substituents is 1. The predicted molar refractivity (Wildman–Crippen MR) is 106 cm³/mol. The molecule has 0 aliphatic heterocycles. The molecule has 2 aromatic carbocycles. The number of methoxy groups -OCH3 is 1. The second-order valence-electron chi connectivity index (χ2n) is 5.63. The number of amides is 1. The van der Waals surface area contributed by atoms with Gasteiger partial charge in [0.15, 0.2) is 0 Å². The lowest BCUT2D eigenvalue weighted by Gasteiger charge is -2.06. The molecule has 3 rings (SSSR count). The van der Waals surface area contributed by atoms with Gasteiger partial charge in [-0.05, 0) is 30.3 Å². The SMILES string of the molecule is COc1cccc(-c2ccc(SCC(=O)Nc3cccc([N+](=O)[O-])c3)nn2)c1. The molecule has 142 valence electrons. The van der Waals surface area contributed by atoms with Crippen LogP contribution in [0.2, 0.25) is 0 Å². The summed E-state index contributed by atoms with van der Waals surface area (Å²) in [6.07, 6.45) is 0. The van der Waals surface area contributed by atoms with Crippen molar-refractivity contribution in [2.24, 2.45) is 0 Å². The topological polar surface area (TPSA) is 107 Å². The summed E-state index contributed by atoms with van der Waals surface area (Å²) in [4.78, 5) is 22.3. The largest absolute Gasteiger partial charge is 0.497 e. The first-order valence-electron chi connectivity index (χ1n) is 8.20. The van der Waals surface area contributed by atoms with Crippen LogP contribution in [0.3, 0.4) is 0 Å². The van der Waals surface area contributed by atoms with Gasteiger partial charge in [-0.1, -0.05) is 30.0 Å².